The van der Waals surface area contributed by atoms with Crippen molar-refractivity contribution in [3.63, 3.8) is 0 Å². The zero-order chi connectivity index (χ0) is 19.8. The van der Waals surface area contributed by atoms with E-state index in [9.17, 15) is 4.39 Å². The van der Waals surface area contributed by atoms with Crippen LogP contribution in [0.3, 0.4) is 0 Å². The quantitative estimate of drug-likeness (QED) is 0.383. The van der Waals surface area contributed by atoms with Crippen molar-refractivity contribution in [3.8, 4) is 22.7 Å². The van der Waals surface area contributed by atoms with Crippen LogP contribution in [-0.4, -0.2) is 24.9 Å². The molecule has 29 heavy (non-hydrogen) atoms. The molecule has 1 aliphatic rings. The van der Waals surface area contributed by atoms with E-state index in [2.05, 4.69) is 24.9 Å². The maximum Gasteiger partial charge on any atom is 0.192 e. The van der Waals surface area contributed by atoms with Crippen LogP contribution >= 0.6 is 23.4 Å². The zero-order valence-electron chi connectivity index (χ0n) is 15.1. The Morgan fingerprint density at radius 3 is 2.76 bits per heavy atom. The van der Waals surface area contributed by atoms with Crippen LogP contribution in [0, 0.1) is 5.82 Å². The molecule has 146 valence electrons. The van der Waals surface area contributed by atoms with Gasteiger partial charge in [-0.3, -0.25) is 9.55 Å². The third-order valence-corrected chi connectivity index (χ3v) is 5.83. The van der Waals surface area contributed by atoms with Crippen LogP contribution in [0.2, 0.25) is 5.02 Å². The molecule has 1 fully saturated rings. The number of halogens is 2. The van der Waals surface area contributed by atoms with Gasteiger partial charge in [0, 0.05) is 40.8 Å². The van der Waals surface area contributed by atoms with Gasteiger partial charge in [0.05, 0.1) is 11.3 Å². The second-order valence-electron chi connectivity index (χ2n) is 6.74. The van der Waals surface area contributed by atoms with Gasteiger partial charge in [-0.1, -0.05) is 28.5 Å². The molecule has 0 unspecified atom stereocenters. The van der Waals surface area contributed by atoms with Crippen molar-refractivity contribution in [2.45, 2.75) is 29.8 Å². The highest BCUT2D eigenvalue weighted by Gasteiger charge is 2.30. The van der Waals surface area contributed by atoms with Gasteiger partial charge < -0.3 is 4.52 Å². The fourth-order valence-corrected chi connectivity index (χ4v) is 4.13. The highest BCUT2D eigenvalue weighted by atomic mass is 35.5. The largest absolute Gasteiger partial charge is 0.356 e. The molecule has 0 bridgehead atoms. The van der Waals surface area contributed by atoms with Gasteiger partial charge in [0.2, 0.25) is 0 Å². The molecule has 1 aromatic carbocycles. The van der Waals surface area contributed by atoms with E-state index in [1.165, 1.54) is 30.0 Å². The molecule has 3 aromatic heterocycles. The smallest absolute Gasteiger partial charge is 0.192 e. The lowest BCUT2D eigenvalue weighted by Gasteiger charge is -2.07. The molecule has 0 aliphatic heterocycles. The highest BCUT2D eigenvalue weighted by molar-refractivity contribution is 7.98. The molecule has 3 heterocycles. The first-order valence-electron chi connectivity index (χ1n) is 9.08. The summed E-state index contributed by atoms with van der Waals surface area (Å²) in [7, 11) is 0. The van der Waals surface area contributed by atoms with E-state index in [1.807, 2.05) is 12.1 Å². The number of hydrogen-bond acceptors (Lipinski definition) is 6. The van der Waals surface area contributed by atoms with Crippen LogP contribution in [-0.2, 0) is 5.75 Å². The molecular weight excluding hydrogens is 413 g/mol. The van der Waals surface area contributed by atoms with E-state index < -0.39 is 5.82 Å². The van der Waals surface area contributed by atoms with Crippen molar-refractivity contribution < 1.29 is 8.91 Å². The summed E-state index contributed by atoms with van der Waals surface area (Å²) in [6.45, 7) is 0. The lowest BCUT2D eigenvalue weighted by Crippen LogP contribution is -1.99. The molecule has 5 rings (SSSR count). The van der Waals surface area contributed by atoms with Crippen molar-refractivity contribution in [1.29, 1.82) is 0 Å². The minimum atomic E-state index is -0.403. The van der Waals surface area contributed by atoms with Gasteiger partial charge in [-0.2, -0.15) is 0 Å². The number of aromatic nitrogens is 5. The monoisotopic (exact) mass is 427 g/mol. The van der Waals surface area contributed by atoms with E-state index in [0.29, 0.717) is 33.8 Å². The van der Waals surface area contributed by atoms with Crippen molar-refractivity contribution in [2.75, 3.05) is 0 Å². The number of thioether (sulfide) groups is 1. The van der Waals surface area contributed by atoms with Crippen molar-refractivity contribution in [1.82, 2.24) is 24.9 Å². The molecule has 0 radical (unpaired) electrons. The first kappa shape index (κ1) is 18.3. The average Bonchev–Trinajstić information content (AvgIpc) is 3.31. The van der Waals surface area contributed by atoms with Crippen LogP contribution < -0.4 is 0 Å². The Hall–Kier alpha value is -2.71. The van der Waals surface area contributed by atoms with Gasteiger partial charge in [0.15, 0.2) is 16.7 Å². The number of benzene rings is 1. The van der Waals surface area contributed by atoms with Gasteiger partial charge in [-0.05, 0) is 43.2 Å². The van der Waals surface area contributed by atoms with Crippen molar-refractivity contribution in [3.05, 3.63) is 65.3 Å². The van der Waals surface area contributed by atoms with Gasteiger partial charge in [0.1, 0.15) is 5.82 Å². The Balaban J connectivity index is 1.37. The number of hydrogen-bond donors (Lipinski definition) is 0. The van der Waals surface area contributed by atoms with Gasteiger partial charge >= 0.3 is 0 Å². The fraction of sp³-hybridized carbons (Fsp3) is 0.200. The Kier molecular flexibility index (Phi) is 4.81. The van der Waals surface area contributed by atoms with Crippen molar-refractivity contribution in [2.24, 2.45) is 0 Å². The summed E-state index contributed by atoms with van der Waals surface area (Å²) in [6, 6.07) is 10.3. The minimum Gasteiger partial charge on any atom is -0.356 e. The topological polar surface area (TPSA) is 69.6 Å². The molecule has 1 saturated carbocycles. The zero-order valence-corrected chi connectivity index (χ0v) is 16.7. The fourth-order valence-electron chi connectivity index (χ4n) is 3.07. The van der Waals surface area contributed by atoms with E-state index in [0.717, 1.165) is 29.4 Å². The second kappa shape index (κ2) is 7.61. The summed E-state index contributed by atoms with van der Waals surface area (Å²) in [5.41, 5.74) is 1.98. The molecule has 0 atom stereocenters. The Bertz CT molecular complexity index is 1160. The highest BCUT2D eigenvalue weighted by Crippen LogP contribution is 2.41. The summed E-state index contributed by atoms with van der Waals surface area (Å²) >= 11 is 7.50. The number of nitrogens with zero attached hydrogens (tertiary/aromatic N) is 5. The first-order chi connectivity index (χ1) is 14.2. The van der Waals surface area contributed by atoms with Gasteiger partial charge in [-0.15, -0.1) is 10.2 Å². The Morgan fingerprint density at radius 1 is 1.14 bits per heavy atom. The van der Waals surface area contributed by atoms with Crippen LogP contribution in [0.25, 0.3) is 22.7 Å². The molecule has 1 aliphatic carbocycles. The molecule has 6 nitrogen and oxygen atoms in total. The molecule has 0 saturated heterocycles. The predicted molar refractivity (Wildman–Crippen MR) is 108 cm³/mol. The predicted octanol–water partition coefficient (Wildman–Crippen LogP) is 5.41. The maximum absolute atomic E-state index is 14.1. The molecule has 4 aromatic rings. The van der Waals surface area contributed by atoms with E-state index in [-0.39, 0.29) is 0 Å². The normalized spacial score (nSPS) is 13.7. The average molecular weight is 428 g/mol. The van der Waals surface area contributed by atoms with E-state index in [1.54, 1.807) is 18.5 Å². The number of pyridine rings is 1. The molecule has 9 heteroatoms. The molecule has 0 spiro atoms. The third-order valence-electron chi connectivity index (χ3n) is 4.62. The molecular formula is C20H15ClFN5OS. The second-order valence-corrected chi connectivity index (χ2v) is 8.12. The summed E-state index contributed by atoms with van der Waals surface area (Å²) in [5, 5.41) is 14.1. The van der Waals surface area contributed by atoms with Gasteiger partial charge in [0.25, 0.3) is 0 Å². The lowest BCUT2D eigenvalue weighted by molar-refractivity contribution is 0.424. The first-order valence-corrected chi connectivity index (χ1v) is 10.4. The number of rotatable bonds is 6. The Labute approximate surface area is 175 Å². The van der Waals surface area contributed by atoms with E-state index in [4.69, 9.17) is 16.1 Å². The van der Waals surface area contributed by atoms with Crippen LogP contribution in [0.15, 0.2) is 58.5 Å². The van der Waals surface area contributed by atoms with Crippen LogP contribution in [0.1, 0.15) is 24.6 Å². The van der Waals surface area contributed by atoms with Crippen LogP contribution in [0.4, 0.5) is 4.39 Å². The minimum absolute atomic E-state index is 0.294. The summed E-state index contributed by atoms with van der Waals surface area (Å²) < 4.78 is 21.6. The van der Waals surface area contributed by atoms with Gasteiger partial charge in [-0.25, -0.2) is 4.39 Å². The summed E-state index contributed by atoms with van der Waals surface area (Å²) in [6.07, 6.45) is 5.73. The Morgan fingerprint density at radius 2 is 1.97 bits per heavy atom. The lowest BCUT2D eigenvalue weighted by atomic mass is 10.1. The van der Waals surface area contributed by atoms with E-state index >= 15 is 0 Å². The van der Waals surface area contributed by atoms with Crippen LogP contribution in [0.5, 0.6) is 0 Å². The van der Waals surface area contributed by atoms with Crippen molar-refractivity contribution >= 4 is 23.4 Å². The standard InChI is InChI=1S/C20H15ClFN5OS/c21-13-1-4-17(22)16(9-13)18-10-14(26-28-18)11-29-20-25-24-19(27(20)15-2-3-15)12-5-7-23-8-6-12/h1,4-10,15H,2-3,11H2. The third kappa shape index (κ3) is 3.77. The molecule has 0 N–H and O–H groups in total. The summed E-state index contributed by atoms with van der Waals surface area (Å²) in [5.74, 6) is 1.33. The summed E-state index contributed by atoms with van der Waals surface area (Å²) in [4.78, 5) is 4.07. The maximum atomic E-state index is 14.1. The molecule has 0 amide bonds. The SMILES string of the molecule is Fc1ccc(Cl)cc1-c1cc(CSc2nnc(-c3ccncc3)n2C2CC2)no1.